The molecule has 0 amide bonds. The fourth-order valence-electron chi connectivity index (χ4n) is 1.40. The van der Waals surface area contributed by atoms with Gasteiger partial charge in [-0.05, 0) is 0 Å². The summed E-state index contributed by atoms with van der Waals surface area (Å²) in [6.07, 6.45) is 0.173. The molecule has 104 valence electrons. The van der Waals surface area contributed by atoms with Gasteiger partial charge < -0.3 is 14.6 Å². The maximum atomic E-state index is 12.0. The predicted octanol–water partition coefficient (Wildman–Crippen LogP) is 1.01. The molecule has 0 saturated carbocycles. The highest BCUT2D eigenvalue weighted by atomic mass is 16.5. The number of aldehydes is 1. The van der Waals surface area contributed by atoms with Crippen LogP contribution < -0.4 is 0 Å². The van der Waals surface area contributed by atoms with E-state index in [0.717, 1.165) is 0 Å². The molecule has 1 rings (SSSR count). The smallest absolute Gasteiger partial charge is 0.331 e. The van der Waals surface area contributed by atoms with E-state index in [-0.39, 0.29) is 6.42 Å². The van der Waals surface area contributed by atoms with E-state index in [0.29, 0.717) is 24.0 Å². The van der Waals surface area contributed by atoms with Crippen LogP contribution in [0.25, 0.3) is 0 Å². The molecule has 6 heteroatoms. The monoisotopic (exact) mass is 276 g/mol. The number of carbonyl (C=O) groups is 4. The van der Waals surface area contributed by atoms with E-state index in [2.05, 4.69) is 0 Å². The van der Waals surface area contributed by atoms with Crippen LogP contribution in [0.15, 0.2) is 42.5 Å². The molecule has 1 atom stereocenters. The van der Waals surface area contributed by atoms with E-state index < -0.39 is 23.8 Å². The Bertz CT molecular complexity index is 532. The van der Waals surface area contributed by atoms with Gasteiger partial charge in [0, 0.05) is 24.1 Å². The molecule has 0 saturated heterocycles. The molecule has 0 aliphatic carbocycles. The minimum absolute atomic E-state index is 0.291. The summed E-state index contributed by atoms with van der Waals surface area (Å²) in [5.41, 5.74) is 0.300. The zero-order valence-corrected chi connectivity index (χ0v) is 10.4. The Labute approximate surface area is 114 Å². The van der Waals surface area contributed by atoms with Gasteiger partial charge in [0.1, 0.15) is 6.29 Å². The van der Waals surface area contributed by atoms with Crippen LogP contribution in [0, 0.1) is 0 Å². The molecule has 0 bridgehead atoms. The number of carboxylic acid groups (broad SMARTS) is 1. The number of esters is 1. The summed E-state index contributed by atoms with van der Waals surface area (Å²) in [6.45, 7) is 0. The van der Waals surface area contributed by atoms with Crippen LogP contribution in [0.5, 0.6) is 0 Å². The van der Waals surface area contributed by atoms with Gasteiger partial charge in [0.2, 0.25) is 5.78 Å². The van der Waals surface area contributed by atoms with Crippen molar-refractivity contribution in [2.45, 2.75) is 12.5 Å². The van der Waals surface area contributed by atoms with Crippen LogP contribution in [-0.2, 0) is 19.1 Å². The second-order valence-corrected chi connectivity index (χ2v) is 3.73. The normalized spacial score (nSPS) is 11.8. The Hall–Kier alpha value is -2.76. The summed E-state index contributed by atoms with van der Waals surface area (Å²) in [5, 5.41) is 8.37. The van der Waals surface area contributed by atoms with E-state index in [1.807, 2.05) is 0 Å². The van der Waals surface area contributed by atoms with E-state index in [4.69, 9.17) is 9.84 Å². The zero-order valence-electron chi connectivity index (χ0n) is 10.4. The summed E-state index contributed by atoms with van der Waals surface area (Å²) in [5.74, 6) is -2.83. The molecule has 0 aliphatic rings. The number of hydrogen-bond donors (Lipinski definition) is 1. The molecule has 0 heterocycles. The average molecular weight is 276 g/mol. The number of Topliss-reactive ketones (excluding diaryl/α,β-unsaturated/α-hetero) is 1. The van der Waals surface area contributed by atoms with Crippen LogP contribution >= 0.6 is 0 Å². The van der Waals surface area contributed by atoms with Crippen LogP contribution in [-0.4, -0.2) is 35.2 Å². The van der Waals surface area contributed by atoms with Crippen molar-refractivity contribution in [1.29, 1.82) is 0 Å². The van der Waals surface area contributed by atoms with Crippen molar-refractivity contribution in [2.75, 3.05) is 0 Å². The van der Waals surface area contributed by atoms with Gasteiger partial charge in [-0.25, -0.2) is 9.59 Å². The summed E-state index contributed by atoms with van der Waals surface area (Å²) < 4.78 is 4.79. The fraction of sp³-hybridized carbons (Fsp3) is 0.143. The third-order valence-electron chi connectivity index (χ3n) is 2.28. The van der Waals surface area contributed by atoms with Gasteiger partial charge in [0.25, 0.3) is 0 Å². The Morgan fingerprint density at radius 2 is 1.80 bits per heavy atom. The van der Waals surface area contributed by atoms with Crippen molar-refractivity contribution in [2.24, 2.45) is 0 Å². The maximum Gasteiger partial charge on any atom is 0.331 e. The number of carboxylic acids is 1. The Balaban J connectivity index is 2.79. The van der Waals surface area contributed by atoms with E-state index in [1.165, 1.54) is 12.1 Å². The zero-order chi connectivity index (χ0) is 15.0. The third kappa shape index (κ3) is 4.85. The molecule has 20 heavy (non-hydrogen) atoms. The van der Waals surface area contributed by atoms with Gasteiger partial charge in [-0.15, -0.1) is 0 Å². The first-order chi connectivity index (χ1) is 9.54. The van der Waals surface area contributed by atoms with Crippen LogP contribution in [0.2, 0.25) is 0 Å². The van der Waals surface area contributed by atoms with Crippen molar-refractivity contribution >= 4 is 24.0 Å². The molecule has 1 aromatic carbocycles. The molecule has 1 aromatic rings. The highest BCUT2D eigenvalue weighted by molar-refractivity contribution is 6.02. The van der Waals surface area contributed by atoms with Gasteiger partial charge in [-0.1, -0.05) is 30.3 Å². The first-order valence-corrected chi connectivity index (χ1v) is 5.69. The number of carbonyl (C=O) groups excluding carboxylic acids is 3. The fourth-order valence-corrected chi connectivity index (χ4v) is 1.40. The third-order valence-corrected chi connectivity index (χ3v) is 2.28. The average Bonchev–Trinajstić information content (AvgIpc) is 2.45. The molecule has 0 fully saturated rings. The second-order valence-electron chi connectivity index (χ2n) is 3.73. The lowest BCUT2D eigenvalue weighted by molar-refractivity contribution is -0.142. The number of aliphatic carboxylic acids is 1. The number of hydrogen-bond acceptors (Lipinski definition) is 5. The minimum atomic E-state index is -1.32. The lowest BCUT2D eigenvalue weighted by atomic mass is 10.0. The number of benzene rings is 1. The summed E-state index contributed by atoms with van der Waals surface area (Å²) in [4.78, 5) is 44.2. The van der Waals surface area contributed by atoms with Crippen molar-refractivity contribution in [3.05, 3.63) is 48.0 Å². The van der Waals surface area contributed by atoms with Gasteiger partial charge in [-0.3, -0.25) is 4.79 Å². The van der Waals surface area contributed by atoms with E-state index in [1.54, 1.807) is 18.2 Å². The van der Waals surface area contributed by atoms with Crippen LogP contribution in [0.1, 0.15) is 16.8 Å². The summed E-state index contributed by atoms with van der Waals surface area (Å²) in [7, 11) is 0. The van der Waals surface area contributed by atoms with E-state index in [9.17, 15) is 19.2 Å². The first-order valence-electron chi connectivity index (χ1n) is 5.69. The molecule has 1 N–H and O–H groups in total. The number of rotatable bonds is 7. The molecule has 0 aliphatic heterocycles. The highest BCUT2D eigenvalue weighted by Gasteiger charge is 2.23. The standard InChI is InChI=1S/C14H12O6/c15-9-8-11(20-13(18)7-6-12(16)17)14(19)10-4-2-1-3-5-10/h1-7,9,11H,8H2,(H,16,17). The molecule has 1 unspecified atom stereocenters. The highest BCUT2D eigenvalue weighted by Crippen LogP contribution is 2.09. The first kappa shape index (κ1) is 15.3. The van der Waals surface area contributed by atoms with Crippen molar-refractivity contribution < 1.29 is 29.0 Å². The van der Waals surface area contributed by atoms with Crippen molar-refractivity contribution in [1.82, 2.24) is 0 Å². The maximum absolute atomic E-state index is 12.0. The van der Waals surface area contributed by atoms with Gasteiger partial charge in [0.15, 0.2) is 6.10 Å². The lowest BCUT2D eigenvalue weighted by Gasteiger charge is -2.13. The van der Waals surface area contributed by atoms with Gasteiger partial charge >= 0.3 is 11.9 Å². The van der Waals surface area contributed by atoms with Crippen molar-refractivity contribution in [3.8, 4) is 0 Å². The summed E-state index contributed by atoms with van der Waals surface area (Å²) in [6, 6.07) is 8.05. The lowest BCUT2D eigenvalue weighted by Crippen LogP contribution is -2.27. The Morgan fingerprint density at radius 1 is 1.15 bits per heavy atom. The van der Waals surface area contributed by atoms with Crippen LogP contribution in [0.3, 0.4) is 0 Å². The minimum Gasteiger partial charge on any atom is -0.478 e. The van der Waals surface area contributed by atoms with Gasteiger partial charge in [-0.2, -0.15) is 0 Å². The Kier molecular flexibility index (Phi) is 5.83. The molecule has 0 aromatic heterocycles. The molecule has 0 radical (unpaired) electrons. The molecule has 6 nitrogen and oxygen atoms in total. The van der Waals surface area contributed by atoms with Crippen molar-refractivity contribution in [3.63, 3.8) is 0 Å². The summed E-state index contributed by atoms with van der Waals surface area (Å²) >= 11 is 0. The molecule has 0 spiro atoms. The largest absolute Gasteiger partial charge is 0.478 e. The van der Waals surface area contributed by atoms with E-state index >= 15 is 0 Å². The predicted molar refractivity (Wildman–Crippen MR) is 68.1 cm³/mol. The molecular formula is C14H12O6. The SMILES string of the molecule is O=CCC(OC(=O)C=CC(=O)O)C(=O)c1ccccc1. The topological polar surface area (TPSA) is 97.7 Å². The van der Waals surface area contributed by atoms with Crippen LogP contribution in [0.4, 0.5) is 0 Å². The Morgan fingerprint density at radius 3 is 2.35 bits per heavy atom. The number of ether oxygens (including phenoxy) is 1. The number of ketones is 1. The second kappa shape index (κ2) is 7.63. The van der Waals surface area contributed by atoms with Gasteiger partial charge in [0.05, 0.1) is 0 Å². The molecular weight excluding hydrogens is 264 g/mol. The quantitative estimate of drug-likeness (QED) is 0.345.